The van der Waals surface area contributed by atoms with Crippen molar-refractivity contribution in [2.24, 2.45) is 0 Å². The minimum Gasteiger partial charge on any atom is -0.309 e. The summed E-state index contributed by atoms with van der Waals surface area (Å²) in [7, 11) is 0. The summed E-state index contributed by atoms with van der Waals surface area (Å²) in [5.74, 6) is 0. The number of benzene rings is 9. The van der Waals surface area contributed by atoms with Gasteiger partial charge in [0.15, 0.2) is 0 Å². The normalized spacial score (nSPS) is 11.9. The highest BCUT2D eigenvalue weighted by atomic mass is 32.1. The van der Waals surface area contributed by atoms with Crippen molar-refractivity contribution in [2.75, 3.05) is 0 Å². The number of para-hydroxylation sites is 2. The summed E-state index contributed by atoms with van der Waals surface area (Å²) in [4.78, 5) is 10.5. The van der Waals surface area contributed by atoms with E-state index in [4.69, 9.17) is 9.97 Å². The van der Waals surface area contributed by atoms with Gasteiger partial charge in [0.1, 0.15) is 0 Å². The second-order valence-electron chi connectivity index (χ2n) is 14.6. The highest BCUT2D eigenvalue weighted by molar-refractivity contribution is 7.25. The van der Waals surface area contributed by atoms with Gasteiger partial charge in [0.25, 0.3) is 0 Å². The number of thiophene rings is 1. The highest BCUT2D eigenvalue weighted by Crippen LogP contribution is 2.42. The fourth-order valence-electron chi connectivity index (χ4n) is 8.68. The van der Waals surface area contributed by atoms with E-state index in [0.717, 1.165) is 44.6 Å². The molecule has 9 aromatic carbocycles. The summed E-state index contributed by atoms with van der Waals surface area (Å²) in [5.41, 5.74) is 11.7. The van der Waals surface area contributed by atoms with Gasteiger partial charge in [0.05, 0.1) is 33.5 Å². The lowest BCUT2D eigenvalue weighted by Crippen LogP contribution is -1.96. The van der Waals surface area contributed by atoms with Crippen LogP contribution in [-0.2, 0) is 0 Å². The molecule has 12 aromatic rings. The first-order chi connectivity index (χ1) is 27.7. The van der Waals surface area contributed by atoms with Gasteiger partial charge in [-0.25, -0.2) is 9.97 Å². The lowest BCUT2D eigenvalue weighted by molar-refractivity contribution is 1.19. The topological polar surface area (TPSA) is 30.7 Å². The predicted octanol–water partition coefficient (Wildman–Crippen LogP) is 14.4. The largest absolute Gasteiger partial charge is 0.309 e. The van der Waals surface area contributed by atoms with Crippen LogP contribution in [0, 0.1) is 0 Å². The maximum atomic E-state index is 5.27. The Morgan fingerprint density at radius 2 is 1.02 bits per heavy atom. The average molecular weight is 730 g/mol. The number of hydrogen-bond acceptors (Lipinski definition) is 3. The van der Waals surface area contributed by atoms with E-state index in [1.807, 2.05) is 23.5 Å². The Balaban J connectivity index is 1.03. The lowest BCUT2D eigenvalue weighted by Gasteiger charge is -2.13. The van der Waals surface area contributed by atoms with Crippen LogP contribution in [0.3, 0.4) is 0 Å². The molecule has 0 atom stereocenters. The van der Waals surface area contributed by atoms with E-state index in [0.29, 0.717) is 0 Å². The summed E-state index contributed by atoms with van der Waals surface area (Å²) >= 11 is 1.83. The van der Waals surface area contributed by atoms with Crippen molar-refractivity contribution >= 4 is 85.9 Å². The zero-order chi connectivity index (χ0) is 36.7. The van der Waals surface area contributed by atoms with E-state index in [1.165, 1.54) is 69.3 Å². The van der Waals surface area contributed by atoms with E-state index in [-0.39, 0.29) is 0 Å². The Labute approximate surface area is 326 Å². The van der Waals surface area contributed by atoms with Crippen LogP contribution in [0.1, 0.15) is 0 Å². The maximum Gasteiger partial charge on any atom is 0.0973 e. The summed E-state index contributed by atoms with van der Waals surface area (Å²) in [6, 6.07) is 67.9. The van der Waals surface area contributed by atoms with Crippen LogP contribution in [-0.4, -0.2) is 14.5 Å². The van der Waals surface area contributed by atoms with E-state index >= 15 is 0 Å². The van der Waals surface area contributed by atoms with Crippen molar-refractivity contribution in [3.8, 4) is 39.3 Å². The zero-order valence-corrected chi connectivity index (χ0v) is 31.0. The Bertz CT molecular complexity index is 3540. The number of hydrogen-bond donors (Lipinski definition) is 0. The van der Waals surface area contributed by atoms with Gasteiger partial charge >= 0.3 is 0 Å². The first kappa shape index (κ1) is 31.2. The molecule has 12 rings (SSSR count). The number of nitrogens with zero attached hydrogens (tertiary/aromatic N) is 3. The number of rotatable bonds is 4. The van der Waals surface area contributed by atoms with Crippen molar-refractivity contribution in [3.05, 3.63) is 188 Å². The molecule has 0 amide bonds. The van der Waals surface area contributed by atoms with Crippen molar-refractivity contribution < 1.29 is 0 Å². The van der Waals surface area contributed by atoms with Gasteiger partial charge in [0, 0.05) is 47.8 Å². The molecule has 0 aliphatic carbocycles. The van der Waals surface area contributed by atoms with E-state index < -0.39 is 0 Å². The van der Waals surface area contributed by atoms with Crippen molar-refractivity contribution in [2.45, 2.75) is 0 Å². The summed E-state index contributed by atoms with van der Waals surface area (Å²) in [6.07, 6.45) is 0. The Morgan fingerprint density at radius 1 is 0.375 bits per heavy atom. The van der Waals surface area contributed by atoms with Crippen LogP contribution in [0.5, 0.6) is 0 Å². The second-order valence-corrected chi connectivity index (χ2v) is 15.7. The van der Waals surface area contributed by atoms with Gasteiger partial charge in [-0.15, -0.1) is 11.3 Å². The fraction of sp³-hybridized carbons (Fsp3) is 0. The average Bonchev–Trinajstić information content (AvgIpc) is 3.80. The Hall–Kier alpha value is -7.14. The molecule has 0 fully saturated rings. The predicted molar refractivity (Wildman–Crippen MR) is 238 cm³/mol. The summed E-state index contributed by atoms with van der Waals surface area (Å²) < 4.78 is 4.99. The summed E-state index contributed by atoms with van der Waals surface area (Å²) in [6.45, 7) is 0. The SMILES string of the molecule is c1ccc(-c2cccc3c2c2cc4ccccc4cc2n3-c2ccc3cc(-c4nc5ccccc5nc4-c4ccc5c(c4)sc4ccccc45)ccc3c2)cc1. The third kappa shape index (κ3) is 4.83. The van der Waals surface area contributed by atoms with Crippen LogP contribution in [0.2, 0.25) is 0 Å². The van der Waals surface area contributed by atoms with Gasteiger partial charge in [0.2, 0.25) is 0 Å². The molecule has 0 aliphatic rings. The third-order valence-corrected chi connectivity index (χ3v) is 12.5. The van der Waals surface area contributed by atoms with Gasteiger partial charge in [-0.3, -0.25) is 0 Å². The Morgan fingerprint density at radius 3 is 1.86 bits per heavy atom. The second kappa shape index (κ2) is 12.2. The van der Waals surface area contributed by atoms with Gasteiger partial charge in [-0.1, -0.05) is 127 Å². The molecule has 56 heavy (non-hydrogen) atoms. The molecular weight excluding hydrogens is 699 g/mol. The number of fused-ring (bicyclic) bond motifs is 9. The first-order valence-corrected chi connectivity index (χ1v) is 19.8. The van der Waals surface area contributed by atoms with E-state index in [1.54, 1.807) is 0 Å². The monoisotopic (exact) mass is 729 g/mol. The molecule has 3 heterocycles. The molecule has 0 radical (unpaired) electrons. The standard InChI is InChI=1S/C52H31N3S/c1-2-11-32(12-3-1)40-16-10-19-46-50(40)43-29-33-13-4-5-14-34(33)30-47(43)55(46)39-25-23-35-27-37(22-21-36(35)28-39)51-52(54-45-18-8-7-17-44(45)53-51)38-24-26-42-41-15-6-9-20-48(41)56-49(42)31-38/h1-31H. The smallest absolute Gasteiger partial charge is 0.0973 e. The maximum absolute atomic E-state index is 5.27. The van der Waals surface area contributed by atoms with Crippen LogP contribution in [0.15, 0.2) is 188 Å². The van der Waals surface area contributed by atoms with Crippen molar-refractivity contribution in [3.63, 3.8) is 0 Å². The number of aromatic nitrogens is 3. The van der Waals surface area contributed by atoms with Crippen LogP contribution in [0.4, 0.5) is 0 Å². The molecule has 0 spiro atoms. The molecule has 4 heteroatoms. The van der Waals surface area contributed by atoms with Crippen molar-refractivity contribution in [1.29, 1.82) is 0 Å². The molecule has 0 bridgehead atoms. The van der Waals surface area contributed by atoms with Crippen molar-refractivity contribution in [1.82, 2.24) is 14.5 Å². The van der Waals surface area contributed by atoms with Gasteiger partial charge < -0.3 is 4.57 Å². The van der Waals surface area contributed by atoms with Gasteiger partial charge in [-0.2, -0.15) is 0 Å². The lowest BCUT2D eigenvalue weighted by atomic mass is 9.98. The molecule has 0 unspecified atom stereocenters. The van der Waals surface area contributed by atoms with E-state index in [2.05, 4.69) is 180 Å². The molecule has 0 saturated carbocycles. The quantitative estimate of drug-likeness (QED) is 0.181. The van der Waals surface area contributed by atoms with E-state index in [9.17, 15) is 0 Å². The molecule has 3 nitrogen and oxygen atoms in total. The molecule has 0 N–H and O–H groups in total. The first-order valence-electron chi connectivity index (χ1n) is 19.0. The Kier molecular flexibility index (Phi) is 6.80. The molecule has 3 aromatic heterocycles. The molecule has 0 aliphatic heterocycles. The van der Waals surface area contributed by atoms with Crippen LogP contribution < -0.4 is 0 Å². The molecule has 260 valence electrons. The molecule has 0 saturated heterocycles. The fourth-order valence-corrected chi connectivity index (χ4v) is 9.83. The van der Waals surface area contributed by atoms with Crippen LogP contribution >= 0.6 is 11.3 Å². The third-order valence-electron chi connectivity index (χ3n) is 11.3. The van der Waals surface area contributed by atoms with Gasteiger partial charge in [-0.05, 0) is 93.3 Å². The minimum atomic E-state index is 0.887. The zero-order valence-electron chi connectivity index (χ0n) is 30.1. The van der Waals surface area contributed by atoms with Crippen LogP contribution in [0.25, 0.3) is 114 Å². The molecular formula is C52H31N3S. The highest BCUT2D eigenvalue weighted by Gasteiger charge is 2.19. The minimum absolute atomic E-state index is 0.887. The summed E-state index contributed by atoms with van der Waals surface area (Å²) in [5, 5.41) is 9.90.